The third-order valence-electron chi connectivity index (χ3n) is 5.07. The van der Waals surface area contributed by atoms with Gasteiger partial charge in [-0.05, 0) is 111 Å². The van der Waals surface area contributed by atoms with Crippen LogP contribution in [0.25, 0.3) is 22.8 Å². The molecule has 1 N–H and O–H groups in total. The van der Waals surface area contributed by atoms with Gasteiger partial charge >= 0.3 is 5.97 Å². The molecule has 39 heavy (non-hydrogen) atoms. The van der Waals surface area contributed by atoms with Gasteiger partial charge in [0.05, 0.1) is 22.8 Å². The molecule has 0 spiro atoms. The molecular weight excluding hydrogens is 665 g/mol. The second kappa shape index (κ2) is 16.6. The number of aromatic nitrogens is 5. The maximum absolute atomic E-state index is 10.1. The van der Waals surface area contributed by atoms with E-state index in [1.165, 1.54) is 34.5 Å². The van der Waals surface area contributed by atoms with E-state index in [0.717, 1.165) is 22.8 Å². The molecule has 5 aromatic rings. The summed E-state index contributed by atoms with van der Waals surface area (Å²) in [4.78, 5) is 30.9. The zero-order chi connectivity index (χ0) is 26.6. The largest absolute Gasteiger partial charge is 0.477 e. The molecule has 0 fully saturated rings. The summed E-state index contributed by atoms with van der Waals surface area (Å²) < 4.78 is 0. The molecule has 5 rings (SSSR count). The van der Waals surface area contributed by atoms with Gasteiger partial charge in [-0.15, -0.1) is 0 Å². The number of hydrogen-bond donors (Lipinski definition) is 1. The molecule has 5 aromatic heterocycles. The molecular formula is C31H33N5O2Os. The smallest absolute Gasteiger partial charge is 0.354 e. The second-order valence-corrected chi connectivity index (χ2v) is 8.39. The normalized spacial score (nSPS) is 9.33. The van der Waals surface area contributed by atoms with Crippen LogP contribution in [0.2, 0.25) is 0 Å². The number of aromatic carboxylic acids is 1. The maximum atomic E-state index is 10.1. The Kier molecular flexibility index (Phi) is 14.0. The SMILES string of the molecule is C.Cc1ccnc(-c2cc(C)ccn2)c1.Cc1ccnc(-c2cc(C)ccn2)c1.O=C(O)c1ccccn1.[Os]. The first kappa shape index (κ1) is 32.9. The van der Waals surface area contributed by atoms with E-state index in [-0.39, 0.29) is 32.9 Å². The summed E-state index contributed by atoms with van der Waals surface area (Å²) in [7, 11) is 0. The number of carboxylic acids is 1. The predicted molar refractivity (Wildman–Crippen MR) is 152 cm³/mol. The van der Waals surface area contributed by atoms with E-state index in [1.54, 1.807) is 12.1 Å². The predicted octanol–water partition coefficient (Wildman–Crippen LogP) is 6.93. The molecule has 0 unspecified atom stereocenters. The molecule has 0 radical (unpaired) electrons. The first-order chi connectivity index (χ1) is 17.8. The third-order valence-corrected chi connectivity index (χ3v) is 5.07. The van der Waals surface area contributed by atoms with E-state index in [9.17, 15) is 4.79 Å². The first-order valence-electron chi connectivity index (χ1n) is 11.7. The van der Waals surface area contributed by atoms with Gasteiger partial charge < -0.3 is 5.11 Å². The zero-order valence-electron chi connectivity index (χ0n) is 21.7. The molecule has 0 aliphatic carbocycles. The van der Waals surface area contributed by atoms with Crippen molar-refractivity contribution in [2.75, 3.05) is 0 Å². The van der Waals surface area contributed by atoms with Crippen LogP contribution in [0.5, 0.6) is 0 Å². The fraction of sp³-hybridized carbons (Fsp3) is 0.161. The van der Waals surface area contributed by atoms with Gasteiger partial charge in [0.25, 0.3) is 0 Å². The number of pyridine rings is 5. The van der Waals surface area contributed by atoms with Gasteiger partial charge in [-0.25, -0.2) is 9.78 Å². The van der Waals surface area contributed by atoms with Gasteiger partial charge in [0, 0.05) is 50.8 Å². The average molecular weight is 698 g/mol. The van der Waals surface area contributed by atoms with Crippen LogP contribution in [0, 0.1) is 27.7 Å². The number of aryl methyl sites for hydroxylation is 4. The first-order valence-corrected chi connectivity index (χ1v) is 11.7. The van der Waals surface area contributed by atoms with Crippen molar-refractivity contribution in [3.05, 3.63) is 126 Å². The van der Waals surface area contributed by atoms with E-state index >= 15 is 0 Å². The van der Waals surface area contributed by atoms with Gasteiger partial charge in [0.1, 0.15) is 5.69 Å². The molecule has 202 valence electrons. The van der Waals surface area contributed by atoms with Crippen LogP contribution in [-0.4, -0.2) is 36.0 Å². The van der Waals surface area contributed by atoms with Crippen molar-refractivity contribution in [1.29, 1.82) is 0 Å². The Balaban J connectivity index is 0.000000292. The summed E-state index contributed by atoms with van der Waals surface area (Å²) in [5.41, 5.74) is 8.66. The number of hydrogen-bond acceptors (Lipinski definition) is 6. The Hall–Kier alpha value is -4.14. The van der Waals surface area contributed by atoms with Crippen molar-refractivity contribution >= 4 is 5.97 Å². The van der Waals surface area contributed by atoms with Gasteiger partial charge in [-0.1, -0.05) is 13.5 Å². The van der Waals surface area contributed by atoms with Gasteiger partial charge in [-0.2, -0.15) is 0 Å². The van der Waals surface area contributed by atoms with Crippen LogP contribution in [0.3, 0.4) is 0 Å². The molecule has 0 aliphatic rings. The molecule has 0 amide bonds. The average Bonchev–Trinajstić information content (AvgIpc) is 2.90. The topological polar surface area (TPSA) is 102 Å². The van der Waals surface area contributed by atoms with E-state index in [2.05, 4.69) is 52.6 Å². The molecule has 7 nitrogen and oxygen atoms in total. The Morgan fingerprint density at radius 3 is 1.08 bits per heavy atom. The Labute approximate surface area is 243 Å². The minimum absolute atomic E-state index is 0. The third kappa shape index (κ3) is 11.0. The summed E-state index contributed by atoms with van der Waals surface area (Å²) in [5.74, 6) is -0.990. The number of rotatable bonds is 3. The van der Waals surface area contributed by atoms with E-state index in [4.69, 9.17) is 5.11 Å². The number of nitrogens with zero attached hydrogens (tertiary/aromatic N) is 5. The second-order valence-electron chi connectivity index (χ2n) is 8.39. The number of carboxylic acid groups (broad SMARTS) is 1. The molecule has 0 bridgehead atoms. The summed E-state index contributed by atoms with van der Waals surface area (Å²) in [5, 5.41) is 8.32. The van der Waals surface area contributed by atoms with E-state index in [0.29, 0.717) is 0 Å². The zero-order valence-corrected chi connectivity index (χ0v) is 24.2. The Bertz CT molecular complexity index is 1290. The van der Waals surface area contributed by atoms with Gasteiger partial charge in [-0.3, -0.25) is 19.9 Å². The number of carbonyl (C=O) groups is 1. The molecule has 0 atom stereocenters. The molecule has 0 aromatic carbocycles. The van der Waals surface area contributed by atoms with Crippen molar-refractivity contribution in [3.8, 4) is 22.8 Å². The molecule has 0 aliphatic heterocycles. The minimum atomic E-state index is -0.990. The van der Waals surface area contributed by atoms with Crippen molar-refractivity contribution in [3.63, 3.8) is 0 Å². The van der Waals surface area contributed by atoms with Crippen molar-refractivity contribution in [2.45, 2.75) is 35.1 Å². The van der Waals surface area contributed by atoms with Gasteiger partial charge in [0.2, 0.25) is 0 Å². The van der Waals surface area contributed by atoms with Crippen LogP contribution in [-0.2, 0) is 19.8 Å². The summed E-state index contributed by atoms with van der Waals surface area (Å²) in [6, 6.07) is 20.9. The van der Waals surface area contributed by atoms with Gasteiger partial charge in [0.15, 0.2) is 0 Å². The summed E-state index contributed by atoms with van der Waals surface area (Å²) >= 11 is 0. The van der Waals surface area contributed by atoms with Crippen LogP contribution >= 0.6 is 0 Å². The monoisotopic (exact) mass is 699 g/mol. The molecule has 5 heterocycles. The summed E-state index contributed by atoms with van der Waals surface area (Å²) in [6.45, 7) is 8.23. The quantitative estimate of drug-likeness (QED) is 0.218. The van der Waals surface area contributed by atoms with Crippen LogP contribution in [0.1, 0.15) is 40.2 Å². The van der Waals surface area contributed by atoms with Crippen molar-refractivity contribution < 1.29 is 29.7 Å². The Morgan fingerprint density at radius 2 is 0.872 bits per heavy atom. The molecule has 8 heteroatoms. The maximum Gasteiger partial charge on any atom is 0.354 e. The Morgan fingerprint density at radius 1 is 0.538 bits per heavy atom. The summed E-state index contributed by atoms with van der Waals surface area (Å²) in [6.07, 6.45) is 8.70. The van der Waals surface area contributed by atoms with Crippen molar-refractivity contribution in [1.82, 2.24) is 24.9 Å². The minimum Gasteiger partial charge on any atom is -0.477 e. The molecule has 0 saturated carbocycles. The van der Waals surface area contributed by atoms with Crippen LogP contribution < -0.4 is 0 Å². The van der Waals surface area contributed by atoms with Crippen LogP contribution in [0.4, 0.5) is 0 Å². The van der Waals surface area contributed by atoms with E-state index < -0.39 is 5.97 Å². The fourth-order valence-electron chi connectivity index (χ4n) is 3.19. The van der Waals surface area contributed by atoms with Crippen LogP contribution in [0.15, 0.2) is 97.7 Å². The van der Waals surface area contributed by atoms with E-state index in [1.807, 2.05) is 73.3 Å². The molecule has 0 saturated heterocycles. The fourth-order valence-corrected chi connectivity index (χ4v) is 3.19. The van der Waals surface area contributed by atoms with Crippen molar-refractivity contribution in [2.24, 2.45) is 0 Å². The standard InChI is InChI=1S/2C12H12N2.C6H5NO2.CH4.Os/c2*1-9-3-5-13-11(7-9)12-8-10(2)4-6-14-12;8-6(9)5-3-1-2-4-7-5;;/h2*3-8H,1-2H3;1-4H,(H,8,9);1H4;.